The van der Waals surface area contributed by atoms with Crippen molar-refractivity contribution in [2.24, 2.45) is 5.73 Å². The van der Waals surface area contributed by atoms with Gasteiger partial charge in [0.15, 0.2) is 11.6 Å². The summed E-state index contributed by atoms with van der Waals surface area (Å²) in [5, 5.41) is 8.55. The molecule has 1 aliphatic carbocycles. The molecule has 15 heavy (non-hydrogen) atoms. The van der Waals surface area contributed by atoms with Crippen LogP contribution in [0.5, 0.6) is 5.75 Å². The van der Waals surface area contributed by atoms with E-state index in [0.29, 0.717) is 5.56 Å². The second kappa shape index (κ2) is 3.87. The van der Waals surface area contributed by atoms with Gasteiger partial charge in [-0.2, -0.15) is 5.26 Å². The first-order valence-corrected chi connectivity index (χ1v) is 4.81. The van der Waals surface area contributed by atoms with Gasteiger partial charge in [-0.3, -0.25) is 0 Å². The minimum absolute atomic E-state index is 0.0161. The monoisotopic (exact) mass is 206 g/mol. The molecule has 0 atom stereocenters. The Bertz CT molecular complexity index is 408. The summed E-state index contributed by atoms with van der Waals surface area (Å²) in [7, 11) is 0. The van der Waals surface area contributed by atoms with E-state index < -0.39 is 5.82 Å². The van der Waals surface area contributed by atoms with Crippen LogP contribution in [0, 0.1) is 17.1 Å². The highest BCUT2D eigenvalue weighted by atomic mass is 19.1. The molecule has 0 bridgehead atoms. The summed E-state index contributed by atoms with van der Waals surface area (Å²) in [6.45, 7) is 0. The second-order valence-electron chi connectivity index (χ2n) is 3.73. The smallest absolute Gasteiger partial charge is 0.166 e. The van der Waals surface area contributed by atoms with Crippen molar-refractivity contribution in [2.75, 3.05) is 0 Å². The Morgan fingerprint density at radius 1 is 1.47 bits per heavy atom. The van der Waals surface area contributed by atoms with Crippen molar-refractivity contribution in [3.05, 3.63) is 29.6 Å². The molecule has 2 rings (SSSR count). The molecule has 0 spiro atoms. The molecule has 0 radical (unpaired) electrons. The first kappa shape index (κ1) is 9.94. The number of ether oxygens (including phenoxy) is 1. The summed E-state index contributed by atoms with van der Waals surface area (Å²) in [4.78, 5) is 0. The predicted octanol–water partition coefficient (Wildman–Crippen LogP) is 1.57. The van der Waals surface area contributed by atoms with Gasteiger partial charge in [-0.15, -0.1) is 0 Å². The van der Waals surface area contributed by atoms with Crippen molar-refractivity contribution >= 4 is 0 Å². The number of rotatable bonds is 2. The van der Waals surface area contributed by atoms with Gasteiger partial charge in [-0.25, -0.2) is 4.39 Å². The molecule has 0 aliphatic heterocycles. The highest BCUT2D eigenvalue weighted by Crippen LogP contribution is 2.26. The number of benzene rings is 1. The van der Waals surface area contributed by atoms with Crippen LogP contribution < -0.4 is 10.5 Å². The number of nitrogens with two attached hydrogens (primary N) is 1. The zero-order chi connectivity index (χ0) is 10.8. The van der Waals surface area contributed by atoms with Gasteiger partial charge >= 0.3 is 0 Å². The van der Waals surface area contributed by atoms with Crippen molar-refractivity contribution < 1.29 is 9.13 Å². The summed E-state index contributed by atoms with van der Waals surface area (Å²) in [6.07, 6.45) is 1.54. The largest absolute Gasteiger partial charge is 0.487 e. The summed E-state index contributed by atoms with van der Waals surface area (Å²) in [6, 6.07) is 6.24. The third-order valence-electron chi connectivity index (χ3n) is 2.49. The fraction of sp³-hybridized carbons (Fsp3) is 0.364. The maximum atomic E-state index is 13.3. The van der Waals surface area contributed by atoms with E-state index in [-0.39, 0.29) is 17.9 Å². The zero-order valence-corrected chi connectivity index (χ0v) is 8.11. The molecule has 1 aliphatic rings. The molecule has 1 aromatic carbocycles. The van der Waals surface area contributed by atoms with Gasteiger partial charge in [0.2, 0.25) is 0 Å². The number of hydrogen-bond donors (Lipinski definition) is 1. The zero-order valence-electron chi connectivity index (χ0n) is 8.11. The van der Waals surface area contributed by atoms with Crippen LogP contribution in [0.3, 0.4) is 0 Å². The molecule has 0 saturated heterocycles. The van der Waals surface area contributed by atoms with E-state index in [4.69, 9.17) is 15.7 Å². The Morgan fingerprint density at radius 3 is 2.73 bits per heavy atom. The minimum Gasteiger partial charge on any atom is -0.487 e. The average molecular weight is 206 g/mol. The van der Waals surface area contributed by atoms with Crippen molar-refractivity contribution in [1.82, 2.24) is 0 Å². The van der Waals surface area contributed by atoms with Crippen LogP contribution in [0.2, 0.25) is 0 Å². The lowest BCUT2D eigenvalue weighted by atomic mass is 9.90. The Morgan fingerprint density at radius 2 is 2.20 bits per heavy atom. The molecule has 3 nitrogen and oxygen atoms in total. The van der Waals surface area contributed by atoms with Gasteiger partial charge in [0.25, 0.3) is 0 Å². The topological polar surface area (TPSA) is 59.0 Å². The molecule has 0 heterocycles. The van der Waals surface area contributed by atoms with E-state index in [9.17, 15) is 4.39 Å². The van der Waals surface area contributed by atoms with Crippen molar-refractivity contribution in [3.63, 3.8) is 0 Å². The average Bonchev–Trinajstić information content (AvgIpc) is 2.18. The Balaban J connectivity index is 2.06. The molecule has 0 aromatic heterocycles. The highest BCUT2D eigenvalue weighted by Gasteiger charge is 2.28. The fourth-order valence-corrected chi connectivity index (χ4v) is 1.55. The molecule has 4 heteroatoms. The third-order valence-corrected chi connectivity index (χ3v) is 2.49. The molecule has 0 amide bonds. The quantitative estimate of drug-likeness (QED) is 0.798. The lowest BCUT2D eigenvalue weighted by Crippen LogP contribution is -2.43. The first-order valence-electron chi connectivity index (χ1n) is 4.81. The van der Waals surface area contributed by atoms with E-state index in [1.807, 2.05) is 6.07 Å². The normalized spacial score (nSPS) is 24.1. The maximum Gasteiger partial charge on any atom is 0.166 e. The van der Waals surface area contributed by atoms with Gasteiger partial charge < -0.3 is 10.5 Å². The second-order valence-corrected chi connectivity index (χ2v) is 3.73. The van der Waals surface area contributed by atoms with E-state index in [0.717, 1.165) is 12.8 Å². The van der Waals surface area contributed by atoms with Gasteiger partial charge in [0.05, 0.1) is 11.6 Å². The van der Waals surface area contributed by atoms with Crippen LogP contribution in [-0.2, 0) is 0 Å². The van der Waals surface area contributed by atoms with E-state index in [2.05, 4.69) is 0 Å². The van der Waals surface area contributed by atoms with Gasteiger partial charge in [0, 0.05) is 6.04 Å². The van der Waals surface area contributed by atoms with Crippen molar-refractivity contribution in [1.29, 1.82) is 5.26 Å². The molecule has 1 saturated carbocycles. The van der Waals surface area contributed by atoms with Crippen LogP contribution in [0.4, 0.5) is 4.39 Å². The van der Waals surface area contributed by atoms with Crippen molar-refractivity contribution in [3.8, 4) is 11.8 Å². The van der Waals surface area contributed by atoms with Gasteiger partial charge in [-0.05, 0) is 31.0 Å². The van der Waals surface area contributed by atoms with Crippen LogP contribution in [0.15, 0.2) is 18.2 Å². The summed E-state index contributed by atoms with van der Waals surface area (Å²) >= 11 is 0. The van der Waals surface area contributed by atoms with Gasteiger partial charge in [-0.1, -0.05) is 0 Å². The van der Waals surface area contributed by atoms with Crippen LogP contribution in [0.25, 0.3) is 0 Å². The van der Waals surface area contributed by atoms with E-state index in [1.54, 1.807) is 0 Å². The van der Waals surface area contributed by atoms with Gasteiger partial charge in [0.1, 0.15) is 6.10 Å². The lowest BCUT2D eigenvalue weighted by molar-refractivity contribution is 0.0962. The highest BCUT2D eigenvalue weighted by molar-refractivity contribution is 5.36. The van der Waals surface area contributed by atoms with Crippen LogP contribution >= 0.6 is 0 Å². The molecule has 1 fully saturated rings. The Labute approximate surface area is 87.3 Å². The molecular weight excluding hydrogens is 195 g/mol. The van der Waals surface area contributed by atoms with E-state index >= 15 is 0 Å². The SMILES string of the molecule is N#Cc1ccc(OC2CC(N)C2)c(F)c1. The number of hydrogen-bond acceptors (Lipinski definition) is 3. The molecule has 1 aromatic rings. The minimum atomic E-state index is -0.491. The summed E-state index contributed by atoms with van der Waals surface area (Å²) in [5.74, 6) is -0.291. The molecular formula is C11H11FN2O. The van der Waals surface area contributed by atoms with Crippen LogP contribution in [0.1, 0.15) is 18.4 Å². The number of nitrogens with zero attached hydrogens (tertiary/aromatic N) is 1. The van der Waals surface area contributed by atoms with Crippen molar-refractivity contribution in [2.45, 2.75) is 25.0 Å². The third kappa shape index (κ3) is 2.08. The molecule has 78 valence electrons. The molecule has 2 N–H and O–H groups in total. The summed E-state index contributed by atoms with van der Waals surface area (Å²) in [5.41, 5.74) is 5.89. The number of nitriles is 1. The van der Waals surface area contributed by atoms with Crippen LogP contribution in [-0.4, -0.2) is 12.1 Å². The predicted molar refractivity (Wildman–Crippen MR) is 52.7 cm³/mol. The number of halogens is 1. The first-order chi connectivity index (χ1) is 7.19. The lowest BCUT2D eigenvalue weighted by Gasteiger charge is -2.32. The Hall–Kier alpha value is -1.60. The fourth-order valence-electron chi connectivity index (χ4n) is 1.55. The standard InChI is InChI=1S/C11H11FN2O/c12-10-3-7(6-13)1-2-11(10)15-9-4-8(14)5-9/h1-3,8-9H,4-5,14H2. The summed E-state index contributed by atoms with van der Waals surface area (Å²) < 4.78 is 18.7. The van der Waals surface area contributed by atoms with E-state index in [1.165, 1.54) is 18.2 Å². The maximum absolute atomic E-state index is 13.3. The Kier molecular flexibility index (Phi) is 2.57. The molecule has 0 unspecified atom stereocenters.